The number of hydrogen-bond donors (Lipinski definition) is 0. The monoisotopic (exact) mass is 1590 g/mol. The number of rotatable bonds is 8. The van der Waals surface area contributed by atoms with E-state index in [-0.39, 0.29) is 0 Å². The molecule has 0 saturated carbocycles. The van der Waals surface area contributed by atoms with Crippen LogP contribution in [0.1, 0.15) is 0 Å². The molecule has 27 aromatic rings. The molecule has 0 fully saturated rings. The Hall–Kier alpha value is -16.7. The van der Waals surface area contributed by atoms with Gasteiger partial charge < -0.3 is 32.0 Å². The zero-order valence-electron chi connectivity index (χ0n) is 68.2. The van der Waals surface area contributed by atoms with Crippen molar-refractivity contribution in [3.05, 3.63) is 479 Å². The highest BCUT2D eigenvalue weighted by Gasteiger charge is 2.22. The quantitative estimate of drug-likeness (QED) is 0.145. The number of fused-ring (bicyclic) bond motifs is 22. The fourth-order valence-electron chi connectivity index (χ4n) is 19.9. The van der Waals surface area contributed by atoms with Gasteiger partial charge in [0, 0.05) is 98.2 Å². The Bertz CT molecular complexity index is 8060. The average molecular weight is 1590 g/mol. The summed E-state index contributed by atoms with van der Waals surface area (Å²) in [5.74, 6) is 0. The Kier molecular flexibility index (Phi) is 17.5. The summed E-state index contributed by atoms with van der Waals surface area (Å²) in [5, 5.41) is 20.4. The van der Waals surface area contributed by atoms with E-state index in [1.807, 2.05) is 0 Å². The second-order valence-electron chi connectivity index (χ2n) is 32.3. The van der Waals surface area contributed by atoms with E-state index in [2.05, 4.69) is 511 Å². The predicted octanol–water partition coefficient (Wildman–Crippen LogP) is 31.2. The van der Waals surface area contributed by atoms with E-state index in [9.17, 15) is 0 Å². The van der Waals surface area contributed by atoms with Gasteiger partial charge in [-0.05, 0) is 167 Å². The Labute approximate surface area is 720 Å². The van der Waals surface area contributed by atoms with Crippen molar-refractivity contribution in [1.29, 1.82) is 0 Å². The predicted molar refractivity (Wildman–Crippen MR) is 529 cm³/mol. The Morgan fingerprint density at radius 1 is 0.0960 bits per heavy atom. The van der Waals surface area contributed by atoms with Crippen molar-refractivity contribution in [1.82, 2.24) is 32.0 Å². The van der Waals surface area contributed by atoms with Gasteiger partial charge in [0.1, 0.15) is 0 Å². The summed E-state index contributed by atoms with van der Waals surface area (Å²) in [4.78, 5) is 0. The summed E-state index contributed by atoms with van der Waals surface area (Å²) in [6.07, 6.45) is 0. The van der Waals surface area contributed by atoms with Crippen LogP contribution in [-0.4, -0.2) is 32.0 Å². The summed E-state index contributed by atoms with van der Waals surface area (Å²) in [6, 6.07) is 172. The van der Waals surface area contributed by atoms with Crippen LogP contribution in [0.2, 0.25) is 0 Å². The van der Waals surface area contributed by atoms with Crippen molar-refractivity contribution in [2.45, 2.75) is 0 Å². The van der Waals surface area contributed by atoms with Crippen LogP contribution in [0, 0.1) is 0 Å². The van der Waals surface area contributed by atoms with Gasteiger partial charge in [0.2, 0.25) is 0 Å². The summed E-state index contributed by atoms with van der Waals surface area (Å²) in [7, 11) is 0. The third-order valence-electron chi connectivity index (χ3n) is 25.3. The number of benzene rings is 20. The highest BCUT2D eigenvalue weighted by atomic mass is 15.1. The van der Waals surface area contributed by atoms with E-state index >= 15 is 0 Å². The van der Waals surface area contributed by atoms with Crippen LogP contribution in [0.3, 0.4) is 0 Å². The first-order valence-corrected chi connectivity index (χ1v) is 42.9. The second kappa shape index (κ2) is 30.2. The third-order valence-corrected chi connectivity index (χ3v) is 25.3. The van der Waals surface area contributed by atoms with Gasteiger partial charge in [0.25, 0.3) is 0 Å². The SMILES string of the molecule is c1cc(-n2c3ccccc3c3ccccc32)cc(-n2c3ccccc3c3ccccc32)c1.c1ccc(-c2ccc(-n3c4ccccc4c4ccccc43)cc2)cc1.c1ccc2c(c1)c1ccccc1n2-c1cc(-n2c3ccccc3c3ccccc32)cc(-n2c3ccccc3c3ccccc32)c1.c1ccc2cc(-n3c4ccccc4c4ccccc43)ccc2c1. The highest BCUT2D eigenvalue weighted by Crippen LogP contribution is 2.43. The molecule has 7 heterocycles. The van der Waals surface area contributed by atoms with Crippen molar-refractivity contribution >= 4 is 163 Å². The number of aromatic nitrogens is 7. The first-order chi connectivity index (χ1) is 62.1. The molecular weight excluding hydrogens is 1520 g/mol. The molecule has 0 N–H and O–H groups in total. The molecule has 0 unspecified atom stereocenters. The first kappa shape index (κ1) is 72.3. The van der Waals surface area contributed by atoms with Gasteiger partial charge in [0.05, 0.1) is 94.3 Å². The van der Waals surface area contributed by atoms with E-state index in [4.69, 9.17) is 0 Å². The summed E-state index contributed by atoms with van der Waals surface area (Å²) in [6.45, 7) is 0. The van der Waals surface area contributed by atoms with Crippen LogP contribution >= 0.6 is 0 Å². The van der Waals surface area contributed by atoms with Crippen LogP contribution in [0.15, 0.2) is 479 Å². The minimum absolute atomic E-state index is 1.13. The van der Waals surface area contributed by atoms with Crippen LogP contribution in [-0.2, 0) is 0 Å². The van der Waals surface area contributed by atoms with E-state index in [1.165, 1.54) is 197 Å². The van der Waals surface area contributed by atoms with Gasteiger partial charge in [-0.25, -0.2) is 0 Å². The van der Waals surface area contributed by atoms with Crippen molar-refractivity contribution < 1.29 is 0 Å². The fraction of sp³-hybridized carbons (Fsp3) is 0. The first-order valence-electron chi connectivity index (χ1n) is 42.9. The van der Waals surface area contributed by atoms with Crippen LogP contribution in [0.4, 0.5) is 0 Å². The lowest BCUT2D eigenvalue weighted by atomic mass is 10.1. The van der Waals surface area contributed by atoms with Crippen LogP contribution in [0.5, 0.6) is 0 Å². The zero-order valence-corrected chi connectivity index (χ0v) is 68.2. The Morgan fingerprint density at radius 2 is 0.272 bits per heavy atom. The van der Waals surface area contributed by atoms with Gasteiger partial charge in [-0.15, -0.1) is 0 Å². The lowest BCUT2D eigenvalue weighted by molar-refractivity contribution is 1.10. The van der Waals surface area contributed by atoms with Crippen LogP contribution in [0.25, 0.3) is 214 Å². The topological polar surface area (TPSA) is 34.5 Å². The lowest BCUT2D eigenvalue weighted by Gasteiger charge is -2.17. The van der Waals surface area contributed by atoms with E-state index in [0.29, 0.717) is 0 Å². The van der Waals surface area contributed by atoms with Gasteiger partial charge in [0.15, 0.2) is 0 Å². The minimum Gasteiger partial charge on any atom is -0.309 e. The summed E-state index contributed by atoms with van der Waals surface area (Å²) < 4.78 is 16.7. The normalized spacial score (nSPS) is 11.7. The number of nitrogens with zero attached hydrogens (tertiary/aromatic N) is 7. The lowest BCUT2D eigenvalue weighted by Crippen LogP contribution is -2.03. The van der Waals surface area contributed by atoms with Crippen molar-refractivity contribution in [3.63, 3.8) is 0 Å². The van der Waals surface area contributed by atoms with E-state index < -0.39 is 0 Å². The number of para-hydroxylation sites is 14. The molecule has 0 aliphatic heterocycles. The standard InChI is InChI=1S/C42H27N3.C30H20N2.C24H17N.C22H15N/c1-7-19-37-31(13-1)32-14-2-8-20-38(32)43(37)28-25-29(44-39-21-9-3-15-33(39)34-16-4-10-22-40(34)44)27-30(26-28)45-41-23-11-5-17-35(41)36-18-6-12-24-42(36)45;1-5-16-27-23(12-1)24-13-2-6-17-28(24)31(27)21-10-9-11-22(20-21)32-29-18-7-3-14-25(29)26-15-4-8-19-30(26)32;1-2-8-18(9-3-1)19-14-16-20(17-15-19)25-23-12-6-4-10-21(23)22-11-5-7-13-24(22)25;1-2-8-17-15-18(14-13-16(17)7-1)23-21-11-5-3-9-19(21)20-10-4-6-12-22(20)23/h1-27H;1-20H;1-17H;1-15H. The molecule has 7 aromatic heterocycles. The molecule has 20 aromatic carbocycles. The molecule has 125 heavy (non-hydrogen) atoms. The molecule has 0 aliphatic carbocycles. The highest BCUT2D eigenvalue weighted by molar-refractivity contribution is 6.16. The maximum absolute atomic E-state index is 2.43. The van der Waals surface area contributed by atoms with Gasteiger partial charge >= 0.3 is 0 Å². The molecule has 0 aliphatic rings. The van der Waals surface area contributed by atoms with Crippen molar-refractivity contribution in [2.24, 2.45) is 0 Å². The molecular formula is C118H79N7. The summed E-state index contributed by atoms with van der Waals surface area (Å²) in [5.41, 5.74) is 27.7. The Morgan fingerprint density at radius 3 is 0.528 bits per heavy atom. The van der Waals surface area contributed by atoms with E-state index in [1.54, 1.807) is 0 Å². The zero-order chi connectivity index (χ0) is 82.4. The maximum atomic E-state index is 2.43. The molecule has 0 radical (unpaired) electrons. The van der Waals surface area contributed by atoms with Gasteiger partial charge in [-0.2, -0.15) is 0 Å². The fourth-order valence-corrected chi connectivity index (χ4v) is 19.9. The Balaban J connectivity index is 0.0000000970. The smallest absolute Gasteiger partial charge is 0.0541 e. The largest absolute Gasteiger partial charge is 0.309 e. The average Bonchev–Trinajstić information content (AvgIpc) is 1.58. The maximum Gasteiger partial charge on any atom is 0.0541 e. The minimum atomic E-state index is 1.13. The van der Waals surface area contributed by atoms with Gasteiger partial charge in [-0.1, -0.05) is 334 Å². The molecule has 0 saturated heterocycles. The molecule has 0 amide bonds. The molecule has 586 valence electrons. The third kappa shape index (κ3) is 12.1. The van der Waals surface area contributed by atoms with Crippen molar-refractivity contribution in [3.8, 4) is 50.9 Å². The number of hydrogen-bond acceptors (Lipinski definition) is 0. The molecule has 7 nitrogen and oxygen atoms in total. The molecule has 0 spiro atoms. The van der Waals surface area contributed by atoms with Gasteiger partial charge in [-0.3, -0.25) is 0 Å². The summed E-state index contributed by atoms with van der Waals surface area (Å²) >= 11 is 0. The second-order valence-corrected chi connectivity index (χ2v) is 32.3. The molecule has 0 bridgehead atoms. The molecule has 7 heteroatoms. The van der Waals surface area contributed by atoms with Crippen LogP contribution < -0.4 is 0 Å². The molecule has 27 rings (SSSR count). The van der Waals surface area contributed by atoms with E-state index in [0.717, 1.165) is 17.1 Å². The van der Waals surface area contributed by atoms with Crippen molar-refractivity contribution in [2.75, 3.05) is 0 Å². The molecule has 0 atom stereocenters.